The summed E-state index contributed by atoms with van der Waals surface area (Å²) in [4.78, 5) is 40.1. The normalized spacial score (nSPS) is 12.4. The molecule has 3 heterocycles. The first kappa shape index (κ1) is 21.7. The van der Waals surface area contributed by atoms with E-state index in [0.717, 1.165) is 10.1 Å². The number of para-hydroxylation sites is 1. The van der Waals surface area contributed by atoms with Crippen LogP contribution in [0.15, 0.2) is 80.7 Å². The maximum atomic E-state index is 13.7. The molecule has 180 valence electrons. The van der Waals surface area contributed by atoms with Crippen LogP contribution >= 0.6 is 0 Å². The van der Waals surface area contributed by atoms with Crippen LogP contribution in [0.1, 0.15) is 11.1 Å². The lowest BCUT2D eigenvalue weighted by Crippen LogP contribution is -2.41. The van der Waals surface area contributed by atoms with Crippen LogP contribution in [0.4, 0.5) is 5.69 Å². The molecule has 1 N–H and O–H groups in total. The maximum absolute atomic E-state index is 13.7. The van der Waals surface area contributed by atoms with Crippen LogP contribution in [0, 0.1) is 6.92 Å². The number of carbonyl (C=O) groups excluding carboxylic acids is 1. The van der Waals surface area contributed by atoms with Gasteiger partial charge in [0.05, 0.1) is 6.54 Å². The highest BCUT2D eigenvalue weighted by Gasteiger charge is 2.22. The lowest BCUT2D eigenvalue weighted by Gasteiger charge is -2.13. The second kappa shape index (κ2) is 8.46. The zero-order valence-corrected chi connectivity index (χ0v) is 19.3. The number of hydrogen-bond donors (Lipinski definition) is 1. The van der Waals surface area contributed by atoms with Gasteiger partial charge in [0.25, 0.3) is 5.56 Å². The molecule has 6 rings (SSSR count). The van der Waals surface area contributed by atoms with Crippen molar-refractivity contribution in [1.82, 2.24) is 9.13 Å². The van der Waals surface area contributed by atoms with Gasteiger partial charge in [-0.15, -0.1) is 0 Å². The summed E-state index contributed by atoms with van der Waals surface area (Å²) in [5.41, 5.74) is 1.86. The monoisotopic (exact) mass is 483 g/mol. The molecule has 9 heteroatoms. The molecule has 3 aromatic carbocycles. The Labute approximate surface area is 204 Å². The summed E-state index contributed by atoms with van der Waals surface area (Å²) in [5, 5.41) is 3.41. The molecule has 1 aliphatic rings. The van der Waals surface area contributed by atoms with Gasteiger partial charge in [0.2, 0.25) is 18.3 Å². The van der Waals surface area contributed by atoms with Crippen molar-refractivity contribution in [1.29, 1.82) is 0 Å². The number of amides is 1. The first-order chi connectivity index (χ1) is 17.5. The fraction of sp³-hybridized carbons (Fsp3) is 0.148. The fourth-order valence-corrected chi connectivity index (χ4v) is 4.47. The zero-order chi connectivity index (χ0) is 24.8. The van der Waals surface area contributed by atoms with Crippen molar-refractivity contribution in [3.63, 3.8) is 0 Å². The molecule has 0 spiro atoms. The summed E-state index contributed by atoms with van der Waals surface area (Å²) >= 11 is 0. The van der Waals surface area contributed by atoms with Crippen molar-refractivity contribution in [2.45, 2.75) is 20.0 Å². The molecule has 1 aliphatic heterocycles. The molecule has 2 aromatic heterocycles. The molecule has 0 bridgehead atoms. The first-order valence-corrected chi connectivity index (χ1v) is 11.4. The van der Waals surface area contributed by atoms with Gasteiger partial charge in [-0.05, 0) is 54.4 Å². The summed E-state index contributed by atoms with van der Waals surface area (Å²) in [5.74, 6) is 0.745. The molecular weight excluding hydrogens is 462 g/mol. The van der Waals surface area contributed by atoms with E-state index in [9.17, 15) is 14.4 Å². The Morgan fingerprint density at radius 2 is 1.78 bits per heavy atom. The Morgan fingerprint density at radius 3 is 2.64 bits per heavy atom. The Balaban J connectivity index is 1.47. The summed E-state index contributed by atoms with van der Waals surface area (Å²) in [6, 6.07) is 19.6. The Kier molecular flexibility index (Phi) is 5.10. The Morgan fingerprint density at radius 1 is 0.944 bits per heavy atom. The number of aromatic nitrogens is 2. The second-order valence-electron chi connectivity index (χ2n) is 8.64. The smallest absolute Gasteiger partial charge is 0.332 e. The molecule has 9 nitrogen and oxygen atoms in total. The van der Waals surface area contributed by atoms with Crippen molar-refractivity contribution in [3.05, 3.63) is 98.7 Å². The van der Waals surface area contributed by atoms with Gasteiger partial charge >= 0.3 is 5.69 Å². The molecule has 0 atom stereocenters. The van der Waals surface area contributed by atoms with Gasteiger partial charge in [-0.1, -0.05) is 30.3 Å². The van der Waals surface area contributed by atoms with E-state index in [1.54, 1.807) is 48.5 Å². The highest BCUT2D eigenvalue weighted by atomic mass is 16.7. The molecule has 0 fully saturated rings. The second-order valence-corrected chi connectivity index (χ2v) is 8.64. The van der Waals surface area contributed by atoms with E-state index in [2.05, 4.69) is 5.32 Å². The zero-order valence-electron chi connectivity index (χ0n) is 19.3. The molecule has 5 aromatic rings. The third-order valence-electron chi connectivity index (χ3n) is 6.12. The van der Waals surface area contributed by atoms with E-state index in [4.69, 9.17) is 13.9 Å². The van der Waals surface area contributed by atoms with Crippen LogP contribution in [0.25, 0.3) is 22.1 Å². The van der Waals surface area contributed by atoms with Gasteiger partial charge in [-0.25, -0.2) is 4.79 Å². The third-order valence-corrected chi connectivity index (χ3v) is 6.12. The molecule has 0 aliphatic carbocycles. The number of nitrogens with one attached hydrogen (secondary N) is 1. The average Bonchev–Trinajstić information content (AvgIpc) is 3.49. The average molecular weight is 483 g/mol. The number of ether oxygens (including phenoxy) is 2. The van der Waals surface area contributed by atoms with E-state index in [0.29, 0.717) is 39.2 Å². The minimum Gasteiger partial charge on any atom is -0.454 e. The number of carbonyl (C=O) groups is 1. The number of anilines is 1. The highest BCUT2D eigenvalue weighted by Crippen LogP contribution is 2.32. The summed E-state index contributed by atoms with van der Waals surface area (Å²) in [6.07, 6.45) is 0. The summed E-state index contributed by atoms with van der Waals surface area (Å²) in [6.45, 7) is 1.72. The van der Waals surface area contributed by atoms with Crippen LogP contribution in [0.5, 0.6) is 11.5 Å². The van der Waals surface area contributed by atoms with Crippen molar-refractivity contribution in [2.75, 3.05) is 12.1 Å². The van der Waals surface area contributed by atoms with Crippen LogP contribution < -0.4 is 26.0 Å². The van der Waals surface area contributed by atoms with Crippen LogP contribution in [0.2, 0.25) is 0 Å². The van der Waals surface area contributed by atoms with Crippen molar-refractivity contribution < 1.29 is 18.7 Å². The van der Waals surface area contributed by atoms with Crippen LogP contribution in [-0.4, -0.2) is 21.8 Å². The Hall–Kier alpha value is -4.79. The predicted octanol–water partition coefficient (Wildman–Crippen LogP) is 3.63. The van der Waals surface area contributed by atoms with Crippen LogP contribution in [0.3, 0.4) is 0 Å². The minimum atomic E-state index is -0.615. The molecule has 0 unspecified atom stereocenters. The molecule has 0 saturated heterocycles. The number of furan rings is 1. The minimum absolute atomic E-state index is 0.0138. The lowest BCUT2D eigenvalue weighted by molar-refractivity contribution is -0.116. The van der Waals surface area contributed by atoms with Gasteiger partial charge < -0.3 is 19.2 Å². The van der Waals surface area contributed by atoms with E-state index in [1.165, 1.54) is 4.57 Å². The third kappa shape index (κ3) is 3.70. The first-order valence-electron chi connectivity index (χ1n) is 11.4. The van der Waals surface area contributed by atoms with Gasteiger partial charge in [-0.3, -0.25) is 18.7 Å². The van der Waals surface area contributed by atoms with E-state index >= 15 is 0 Å². The number of hydrogen-bond acceptors (Lipinski definition) is 6. The number of nitrogens with zero attached hydrogens (tertiary/aromatic N) is 2. The van der Waals surface area contributed by atoms with E-state index in [-0.39, 0.29) is 25.5 Å². The summed E-state index contributed by atoms with van der Waals surface area (Å²) < 4.78 is 19.0. The molecule has 36 heavy (non-hydrogen) atoms. The SMILES string of the molecule is Cc1cccc(NC(=O)Cn2c(=O)n(Cc3ccc4c(c3)OCO4)c(=O)c3oc4ccccc4c32)c1. The van der Waals surface area contributed by atoms with Crippen molar-refractivity contribution in [3.8, 4) is 11.5 Å². The number of benzene rings is 3. The summed E-state index contributed by atoms with van der Waals surface area (Å²) in [7, 11) is 0. The van der Waals surface area contributed by atoms with Gasteiger partial charge in [0.15, 0.2) is 11.5 Å². The quantitative estimate of drug-likeness (QED) is 0.409. The molecule has 0 radical (unpaired) electrons. The topological polar surface area (TPSA) is 105 Å². The van der Waals surface area contributed by atoms with Gasteiger partial charge in [-0.2, -0.15) is 0 Å². The number of rotatable bonds is 5. The van der Waals surface area contributed by atoms with E-state index < -0.39 is 17.2 Å². The predicted molar refractivity (Wildman–Crippen MR) is 134 cm³/mol. The Bertz CT molecular complexity index is 1780. The largest absolute Gasteiger partial charge is 0.454 e. The molecular formula is C27H21N3O6. The van der Waals surface area contributed by atoms with E-state index in [1.807, 2.05) is 25.1 Å². The maximum Gasteiger partial charge on any atom is 0.332 e. The molecule has 1 amide bonds. The number of fused-ring (bicyclic) bond motifs is 4. The van der Waals surface area contributed by atoms with Crippen LogP contribution in [-0.2, 0) is 17.9 Å². The lowest BCUT2D eigenvalue weighted by atomic mass is 10.2. The number of aryl methyl sites for hydroxylation is 1. The van der Waals surface area contributed by atoms with Gasteiger partial charge in [0, 0.05) is 11.1 Å². The van der Waals surface area contributed by atoms with Crippen molar-refractivity contribution in [2.24, 2.45) is 0 Å². The molecule has 0 saturated carbocycles. The van der Waals surface area contributed by atoms with Crippen molar-refractivity contribution >= 4 is 33.7 Å². The highest BCUT2D eigenvalue weighted by molar-refractivity contribution is 6.03. The van der Waals surface area contributed by atoms with Gasteiger partial charge in [0.1, 0.15) is 17.6 Å². The fourth-order valence-electron chi connectivity index (χ4n) is 4.47. The standard InChI is InChI=1S/C27H21N3O6/c1-16-5-4-6-18(11-16)28-23(31)14-29-24-19-7-2-3-8-20(19)36-25(24)26(32)30(27(29)33)13-17-9-10-21-22(12-17)35-15-34-21/h2-12H,13-15H2,1H3,(H,28,31).